The van der Waals surface area contributed by atoms with Gasteiger partial charge in [-0.05, 0) is 106 Å². The molecule has 1 fully saturated rings. The number of nitrogens with one attached hydrogen (secondary N) is 1. The highest BCUT2D eigenvalue weighted by Gasteiger charge is 2.29. The third-order valence-corrected chi connectivity index (χ3v) is 10.3. The second kappa shape index (κ2) is 15.5. The first-order chi connectivity index (χ1) is 23.4. The Morgan fingerprint density at radius 2 is 1.59 bits per heavy atom. The number of pyridine rings is 1. The van der Waals surface area contributed by atoms with Gasteiger partial charge in [0.1, 0.15) is 11.5 Å². The summed E-state index contributed by atoms with van der Waals surface area (Å²) >= 11 is 13.3. The molecule has 2 N–H and O–H groups in total. The van der Waals surface area contributed by atoms with Crippen LogP contribution in [0.25, 0.3) is 22.0 Å². The first-order valence-corrected chi connectivity index (χ1v) is 17.3. The van der Waals surface area contributed by atoms with Crippen LogP contribution in [-0.4, -0.2) is 68.3 Å². The summed E-state index contributed by atoms with van der Waals surface area (Å²) in [6.07, 6.45) is 5.55. The van der Waals surface area contributed by atoms with Gasteiger partial charge >= 0.3 is 0 Å². The summed E-state index contributed by atoms with van der Waals surface area (Å²) in [6, 6.07) is 12.5. The Labute approximate surface area is 297 Å². The minimum Gasteiger partial charge on any atom is -0.483 e. The first kappa shape index (κ1) is 36.0. The average molecular weight is 704 g/mol. The summed E-state index contributed by atoms with van der Waals surface area (Å²) in [5.74, 6) is 1.000. The number of hydrogen-bond acceptors (Lipinski definition) is 5. The number of aromatic nitrogens is 4. The number of hydrogen-bond donors (Lipinski definition) is 2. The predicted octanol–water partition coefficient (Wildman–Crippen LogP) is 8.04. The van der Waals surface area contributed by atoms with Crippen molar-refractivity contribution in [2.45, 2.75) is 60.3 Å². The van der Waals surface area contributed by atoms with E-state index in [9.17, 15) is 4.79 Å². The topological polar surface area (TPSA) is 107 Å². The Balaban J connectivity index is 0.00000151. The van der Waals surface area contributed by atoms with Crippen LogP contribution in [0, 0.1) is 34.6 Å². The van der Waals surface area contributed by atoms with Gasteiger partial charge in [0.05, 0.1) is 16.2 Å². The van der Waals surface area contributed by atoms with Crippen molar-refractivity contribution in [3.63, 3.8) is 0 Å². The van der Waals surface area contributed by atoms with E-state index >= 15 is 0 Å². The molecule has 5 aromatic rings. The van der Waals surface area contributed by atoms with E-state index in [0.717, 1.165) is 99.7 Å². The Morgan fingerprint density at radius 3 is 2.20 bits per heavy atom. The molecule has 1 saturated heterocycles. The SMILES string of the molecule is Cc1ccnc(N2CCN(C(=O)c3[nH]c4c(-c5c(C)nn(C)c5C)c(Cl)ccc4c3CCCCc3cc(C)c(Cl)c(C)c3)CC2)c1.O=CO. The number of carboxylic acid groups (broad SMARTS) is 1. The van der Waals surface area contributed by atoms with Crippen molar-refractivity contribution in [2.24, 2.45) is 7.05 Å². The standard InChI is InChI=1S/C37H42Cl2N6O.CH2O2/c1-22-13-14-40-31(19-22)44-15-17-45(18-16-44)37(46)36-28(10-8-7-9-27-20-23(2)34(39)24(3)21-27)29-11-12-30(38)33(35(29)41-36)32-25(4)42-43(6)26(32)5;2-1-3/h11-14,19-21,41H,7-10,15-18H2,1-6H3;1H,(H,2,3). The van der Waals surface area contributed by atoms with Gasteiger partial charge in [0, 0.05) is 66.7 Å². The zero-order chi connectivity index (χ0) is 35.4. The van der Waals surface area contributed by atoms with E-state index in [1.807, 2.05) is 41.9 Å². The van der Waals surface area contributed by atoms with E-state index in [2.05, 4.69) is 71.9 Å². The number of halogens is 2. The fourth-order valence-electron chi connectivity index (χ4n) is 6.92. The van der Waals surface area contributed by atoms with Crippen molar-refractivity contribution in [1.29, 1.82) is 0 Å². The fourth-order valence-corrected chi connectivity index (χ4v) is 7.28. The lowest BCUT2D eigenvalue weighted by Gasteiger charge is -2.35. The molecule has 0 atom stereocenters. The van der Waals surface area contributed by atoms with Gasteiger partial charge in [-0.1, -0.05) is 41.4 Å². The number of unbranched alkanes of at least 4 members (excludes halogenated alkanes) is 1. The van der Waals surface area contributed by atoms with Crippen molar-refractivity contribution < 1.29 is 14.7 Å². The lowest BCUT2D eigenvalue weighted by Crippen LogP contribution is -2.49. The number of H-pyrrole nitrogens is 1. The number of piperazine rings is 1. The summed E-state index contributed by atoms with van der Waals surface area (Å²) in [5, 5.41) is 14.1. The Bertz CT molecular complexity index is 1970. The Kier molecular flexibility index (Phi) is 11.4. The molecule has 0 bridgehead atoms. The van der Waals surface area contributed by atoms with Gasteiger partial charge in [-0.25, -0.2) is 4.98 Å². The van der Waals surface area contributed by atoms with Gasteiger partial charge in [-0.3, -0.25) is 14.3 Å². The molecule has 11 heteroatoms. The van der Waals surface area contributed by atoms with Gasteiger partial charge in [0.15, 0.2) is 0 Å². The summed E-state index contributed by atoms with van der Waals surface area (Å²) in [6.45, 7) is 12.8. The lowest BCUT2D eigenvalue weighted by molar-refractivity contribution is -0.122. The minimum atomic E-state index is -0.250. The molecule has 3 aromatic heterocycles. The first-order valence-electron chi connectivity index (χ1n) is 16.6. The van der Waals surface area contributed by atoms with E-state index in [1.165, 1.54) is 11.1 Å². The molecule has 4 heterocycles. The highest BCUT2D eigenvalue weighted by molar-refractivity contribution is 6.35. The van der Waals surface area contributed by atoms with Crippen molar-refractivity contribution >= 4 is 52.3 Å². The van der Waals surface area contributed by atoms with Crippen molar-refractivity contribution in [2.75, 3.05) is 31.1 Å². The molecule has 9 nitrogen and oxygen atoms in total. The molecule has 258 valence electrons. The van der Waals surface area contributed by atoms with Crippen molar-refractivity contribution in [3.05, 3.63) is 97.5 Å². The largest absolute Gasteiger partial charge is 0.483 e. The summed E-state index contributed by atoms with van der Waals surface area (Å²) in [4.78, 5) is 35.1. The van der Waals surface area contributed by atoms with Crippen molar-refractivity contribution in [3.8, 4) is 11.1 Å². The molecular weight excluding hydrogens is 659 g/mol. The molecule has 1 amide bonds. The molecule has 1 aliphatic heterocycles. The van der Waals surface area contributed by atoms with Crippen LogP contribution in [0.5, 0.6) is 0 Å². The number of amides is 1. The summed E-state index contributed by atoms with van der Waals surface area (Å²) < 4.78 is 1.89. The molecule has 49 heavy (non-hydrogen) atoms. The molecule has 6 rings (SSSR count). The molecule has 0 spiro atoms. The number of aromatic amines is 1. The number of anilines is 1. The molecule has 0 unspecified atom stereocenters. The van der Waals surface area contributed by atoms with Gasteiger partial charge < -0.3 is 19.9 Å². The number of nitrogens with zero attached hydrogens (tertiary/aromatic N) is 5. The zero-order valence-electron chi connectivity index (χ0n) is 29.0. The zero-order valence-corrected chi connectivity index (χ0v) is 30.5. The number of benzene rings is 2. The van der Waals surface area contributed by atoms with Crippen LogP contribution in [0.1, 0.15) is 62.5 Å². The third-order valence-electron chi connectivity index (χ3n) is 9.43. The Morgan fingerprint density at radius 1 is 0.939 bits per heavy atom. The van der Waals surface area contributed by atoms with E-state index in [-0.39, 0.29) is 12.4 Å². The third kappa shape index (κ3) is 7.63. The second-order valence-electron chi connectivity index (χ2n) is 12.8. The van der Waals surface area contributed by atoms with Crippen LogP contribution in [0.2, 0.25) is 10.0 Å². The van der Waals surface area contributed by atoms with Crippen LogP contribution >= 0.6 is 23.2 Å². The quantitative estimate of drug-likeness (QED) is 0.125. The van der Waals surface area contributed by atoms with E-state index < -0.39 is 0 Å². The molecule has 1 aliphatic rings. The van der Waals surface area contributed by atoms with Gasteiger partial charge in [0.25, 0.3) is 12.4 Å². The number of fused-ring (bicyclic) bond motifs is 1. The maximum atomic E-state index is 14.3. The number of carbonyl (C=O) groups is 2. The van der Waals surface area contributed by atoms with Crippen LogP contribution < -0.4 is 4.90 Å². The average Bonchev–Trinajstić information content (AvgIpc) is 3.56. The van der Waals surface area contributed by atoms with E-state index in [1.54, 1.807) is 0 Å². The normalized spacial score (nSPS) is 13.1. The highest BCUT2D eigenvalue weighted by Crippen LogP contribution is 2.40. The molecule has 0 saturated carbocycles. The number of carbonyl (C=O) groups excluding carboxylic acids is 1. The molecule has 0 radical (unpaired) electrons. The minimum absolute atomic E-state index is 0.0358. The van der Waals surface area contributed by atoms with Gasteiger partial charge in [-0.15, -0.1) is 0 Å². The molecule has 0 aliphatic carbocycles. The van der Waals surface area contributed by atoms with Gasteiger partial charge in [0.2, 0.25) is 0 Å². The van der Waals surface area contributed by atoms with Crippen LogP contribution in [0.4, 0.5) is 5.82 Å². The van der Waals surface area contributed by atoms with Gasteiger partial charge in [-0.2, -0.15) is 5.10 Å². The maximum absolute atomic E-state index is 14.3. The highest BCUT2D eigenvalue weighted by atomic mass is 35.5. The molecule has 2 aromatic carbocycles. The predicted molar refractivity (Wildman–Crippen MR) is 198 cm³/mol. The number of rotatable bonds is 8. The monoisotopic (exact) mass is 702 g/mol. The van der Waals surface area contributed by atoms with E-state index in [0.29, 0.717) is 23.8 Å². The van der Waals surface area contributed by atoms with E-state index in [4.69, 9.17) is 33.1 Å². The van der Waals surface area contributed by atoms with Crippen LogP contribution in [0.3, 0.4) is 0 Å². The van der Waals surface area contributed by atoms with Crippen LogP contribution in [0.15, 0.2) is 42.6 Å². The second-order valence-corrected chi connectivity index (χ2v) is 13.6. The number of aryl methyl sites for hydroxylation is 7. The molecular formula is C38H44Cl2N6O3. The fraction of sp³-hybridized carbons (Fsp3) is 0.368. The smallest absolute Gasteiger partial charge is 0.290 e. The van der Waals surface area contributed by atoms with Crippen molar-refractivity contribution in [1.82, 2.24) is 24.6 Å². The lowest BCUT2D eigenvalue weighted by atomic mass is 9.96. The summed E-state index contributed by atoms with van der Waals surface area (Å²) in [5.41, 5.74) is 11.2. The maximum Gasteiger partial charge on any atom is 0.290 e. The van der Waals surface area contributed by atoms with Crippen LogP contribution in [-0.2, 0) is 24.7 Å². The Hall–Kier alpha value is -4.34. The summed E-state index contributed by atoms with van der Waals surface area (Å²) in [7, 11) is 1.95.